The van der Waals surface area contributed by atoms with Gasteiger partial charge in [-0.3, -0.25) is 4.79 Å². The van der Waals surface area contributed by atoms with Crippen LogP contribution in [0.3, 0.4) is 0 Å². The average molecular weight is 309 g/mol. The van der Waals surface area contributed by atoms with Crippen LogP contribution in [0, 0.1) is 6.92 Å². The van der Waals surface area contributed by atoms with Crippen LogP contribution in [0.25, 0.3) is 10.6 Å². The van der Waals surface area contributed by atoms with Crippen molar-refractivity contribution in [3.8, 4) is 10.6 Å². The first-order valence-corrected chi connectivity index (χ1v) is 7.81. The van der Waals surface area contributed by atoms with E-state index in [1.54, 1.807) is 17.5 Å². The minimum absolute atomic E-state index is 0.105. The molecule has 0 bridgehead atoms. The van der Waals surface area contributed by atoms with E-state index >= 15 is 0 Å². The second-order valence-electron chi connectivity index (χ2n) is 4.90. The number of benzene rings is 1. The van der Waals surface area contributed by atoms with Crippen molar-refractivity contribution in [2.45, 2.75) is 13.3 Å². The summed E-state index contributed by atoms with van der Waals surface area (Å²) in [5.41, 5.74) is 2.79. The van der Waals surface area contributed by atoms with Crippen LogP contribution in [0.4, 0.5) is 5.82 Å². The minimum atomic E-state index is -0.105. The third-order valence-corrected chi connectivity index (χ3v) is 4.12. The Morgan fingerprint density at radius 2 is 2.00 bits per heavy atom. The zero-order chi connectivity index (χ0) is 15.4. The van der Waals surface area contributed by atoms with E-state index < -0.39 is 0 Å². The number of thiazole rings is 1. The first kappa shape index (κ1) is 14.4. The van der Waals surface area contributed by atoms with Gasteiger partial charge in [0.1, 0.15) is 10.8 Å². The topological polar surface area (TPSA) is 54.9 Å². The van der Waals surface area contributed by atoms with E-state index in [2.05, 4.69) is 15.3 Å². The van der Waals surface area contributed by atoms with Gasteiger partial charge in [0.25, 0.3) is 0 Å². The third kappa shape index (κ3) is 3.38. The van der Waals surface area contributed by atoms with E-state index in [-0.39, 0.29) is 12.3 Å². The lowest BCUT2D eigenvalue weighted by molar-refractivity contribution is -0.115. The minimum Gasteiger partial charge on any atom is -0.310 e. The van der Waals surface area contributed by atoms with Gasteiger partial charge in [0.2, 0.25) is 5.91 Å². The van der Waals surface area contributed by atoms with Crippen molar-refractivity contribution in [2.75, 3.05) is 5.32 Å². The van der Waals surface area contributed by atoms with E-state index in [1.165, 1.54) is 0 Å². The monoisotopic (exact) mass is 309 g/mol. The van der Waals surface area contributed by atoms with Crippen molar-refractivity contribution < 1.29 is 4.79 Å². The van der Waals surface area contributed by atoms with Gasteiger partial charge in [-0.05, 0) is 18.6 Å². The SMILES string of the molecule is Cc1cccnc1NC(=O)Cc1csc(-c2ccccc2)n1. The highest BCUT2D eigenvalue weighted by molar-refractivity contribution is 7.13. The lowest BCUT2D eigenvalue weighted by Crippen LogP contribution is -2.16. The van der Waals surface area contributed by atoms with Gasteiger partial charge in [-0.2, -0.15) is 0 Å². The van der Waals surface area contributed by atoms with Gasteiger partial charge >= 0.3 is 0 Å². The number of aromatic nitrogens is 2. The van der Waals surface area contributed by atoms with Gasteiger partial charge in [-0.15, -0.1) is 11.3 Å². The number of aryl methyl sites for hydroxylation is 1. The number of hydrogen-bond donors (Lipinski definition) is 1. The Morgan fingerprint density at radius 1 is 1.18 bits per heavy atom. The van der Waals surface area contributed by atoms with Crippen LogP contribution >= 0.6 is 11.3 Å². The maximum absolute atomic E-state index is 12.1. The van der Waals surface area contributed by atoms with Crippen molar-refractivity contribution >= 4 is 23.1 Å². The van der Waals surface area contributed by atoms with Crippen molar-refractivity contribution in [1.82, 2.24) is 9.97 Å². The predicted octanol–water partition coefficient (Wildman–Crippen LogP) is 3.69. The molecule has 110 valence electrons. The maximum Gasteiger partial charge on any atom is 0.231 e. The second kappa shape index (κ2) is 6.49. The Kier molecular flexibility index (Phi) is 4.25. The molecule has 1 N–H and O–H groups in total. The average Bonchev–Trinajstić information content (AvgIpc) is 2.99. The summed E-state index contributed by atoms with van der Waals surface area (Å²) in [4.78, 5) is 20.8. The van der Waals surface area contributed by atoms with Crippen LogP contribution in [-0.2, 0) is 11.2 Å². The molecule has 5 heteroatoms. The lowest BCUT2D eigenvalue weighted by Gasteiger charge is -2.05. The van der Waals surface area contributed by atoms with Crippen LogP contribution < -0.4 is 5.32 Å². The van der Waals surface area contributed by atoms with Crippen LogP contribution in [-0.4, -0.2) is 15.9 Å². The molecular formula is C17H15N3OS. The Hall–Kier alpha value is -2.53. The van der Waals surface area contributed by atoms with Crippen LogP contribution in [0.1, 0.15) is 11.3 Å². The number of pyridine rings is 1. The number of anilines is 1. The fourth-order valence-corrected chi connectivity index (χ4v) is 2.88. The van der Waals surface area contributed by atoms with Crippen molar-refractivity contribution in [3.05, 3.63) is 65.3 Å². The molecular weight excluding hydrogens is 294 g/mol. The largest absolute Gasteiger partial charge is 0.310 e. The summed E-state index contributed by atoms with van der Waals surface area (Å²) in [6.45, 7) is 1.92. The highest BCUT2D eigenvalue weighted by atomic mass is 32.1. The van der Waals surface area contributed by atoms with Gasteiger partial charge in [-0.25, -0.2) is 9.97 Å². The number of carbonyl (C=O) groups excluding carboxylic acids is 1. The van der Waals surface area contributed by atoms with Crippen LogP contribution in [0.2, 0.25) is 0 Å². The molecule has 0 saturated heterocycles. The number of carbonyl (C=O) groups is 1. The molecule has 0 aliphatic rings. The molecule has 0 atom stereocenters. The summed E-state index contributed by atoms with van der Waals surface area (Å²) < 4.78 is 0. The van der Waals surface area contributed by atoms with Gasteiger partial charge < -0.3 is 5.32 Å². The summed E-state index contributed by atoms with van der Waals surface area (Å²) in [7, 11) is 0. The quantitative estimate of drug-likeness (QED) is 0.799. The van der Waals surface area contributed by atoms with Crippen molar-refractivity contribution in [2.24, 2.45) is 0 Å². The molecule has 1 amide bonds. The van der Waals surface area contributed by atoms with Crippen molar-refractivity contribution in [1.29, 1.82) is 0 Å². The summed E-state index contributed by atoms with van der Waals surface area (Å²) in [5, 5.41) is 5.67. The van der Waals surface area contributed by atoms with Crippen LogP contribution in [0.15, 0.2) is 54.0 Å². The lowest BCUT2D eigenvalue weighted by atomic mass is 10.2. The summed E-state index contributed by atoms with van der Waals surface area (Å²) in [5.74, 6) is 0.498. The number of rotatable bonds is 4. The first-order chi connectivity index (χ1) is 10.7. The van der Waals surface area contributed by atoms with E-state index in [1.807, 2.05) is 54.8 Å². The maximum atomic E-state index is 12.1. The standard InChI is InChI=1S/C17H15N3OS/c1-12-6-5-9-18-16(12)20-15(21)10-14-11-22-17(19-14)13-7-3-2-4-8-13/h2-9,11H,10H2,1H3,(H,18,20,21). The molecule has 2 aromatic heterocycles. The van der Waals surface area contributed by atoms with Gasteiger partial charge in [0, 0.05) is 17.1 Å². The third-order valence-electron chi connectivity index (χ3n) is 3.18. The zero-order valence-corrected chi connectivity index (χ0v) is 12.9. The molecule has 0 aliphatic heterocycles. The second-order valence-corrected chi connectivity index (χ2v) is 5.76. The molecule has 4 nitrogen and oxygen atoms in total. The Bertz CT molecular complexity index is 783. The van der Waals surface area contributed by atoms with Crippen LogP contribution in [0.5, 0.6) is 0 Å². The summed E-state index contributed by atoms with van der Waals surface area (Å²) in [6, 6.07) is 13.7. The summed E-state index contributed by atoms with van der Waals surface area (Å²) in [6.07, 6.45) is 1.91. The molecule has 0 spiro atoms. The molecule has 1 aromatic carbocycles. The zero-order valence-electron chi connectivity index (χ0n) is 12.1. The Balaban J connectivity index is 1.68. The van der Waals surface area contributed by atoms with E-state index in [9.17, 15) is 4.79 Å². The summed E-state index contributed by atoms with van der Waals surface area (Å²) >= 11 is 1.55. The fraction of sp³-hybridized carbons (Fsp3) is 0.118. The predicted molar refractivity (Wildman–Crippen MR) is 88.9 cm³/mol. The Morgan fingerprint density at radius 3 is 2.77 bits per heavy atom. The molecule has 0 aliphatic carbocycles. The highest BCUT2D eigenvalue weighted by Gasteiger charge is 2.10. The molecule has 0 radical (unpaired) electrons. The first-order valence-electron chi connectivity index (χ1n) is 6.93. The van der Waals surface area contributed by atoms with Gasteiger partial charge in [0.05, 0.1) is 12.1 Å². The van der Waals surface area contributed by atoms with Crippen molar-refractivity contribution in [3.63, 3.8) is 0 Å². The number of nitrogens with one attached hydrogen (secondary N) is 1. The Labute approximate surface area is 132 Å². The van der Waals surface area contributed by atoms with E-state index in [0.717, 1.165) is 21.8 Å². The molecule has 3 aromatic rings. The van der Waals surface area contributed by atoms with Gasteiger partial charge in [-0.1, -0.05) is 36.4 Å². The molecule has 0 saturated carbocycles. The smallest absolute Gasteiger partial charge is 0.231 e. The fourth-order valence-electron chi connectivity index (χ4n) is 2.06. The van der Waals surface area contributed by atoms with E-state index in [4.69, 9.17) is 0 Å². The van der Waals surface area contributed by atoms with Gasteiger partial charge in [0.15, 0.2) is 0 Å². The molecule has 3 rings (SSSR count). The molecule has 0 fully saturated rings. The molecule has 0 unspecified atom stereocenters. The number of nitrogens with zero attached hydrogens (tertiary/aromatic N) is 2. The molecule has 2 heterocycles. The van der Waals surface area contributed by atoms with E-state index in [0.29, 0.717) is 5.82 Å². The normalized spacial score (nSPS) is 10.4. The number of hydrogen-bond acceptors (Lipinski definition) is 4. The molecule has 22 heavy (non-hydrogen) atoms. The highest BCUT2D eigenvalue weighted by Crippen LogP contribution is 2.23. The number of amides is 1.